The molecule has 0 unspecified atom stereocenters. The predicted molar refractivity (Wildman–Crippen MR) is 69.6 cm³/mol. The third kappa shape index (κ3) is 3.07. The first-order chi connectivity index (χ1) is 8.16. The number of thioether (sulfide) groups is 1. The molecule has 0 aliphatic carbocycles. The Balaban J connectivity index is 2.24. The molecule has 0 bridgehead atoms. The second-order valence-corrected chi connectivity index (χ2v) is 5.26. The molecule has 2 rings (SSSR count). The van der Waals surface area contributed by atoms with Crippen molar-refractivity contribution < 1.29 is 5.11 Å². The molecule has 1 N–H and O–H groups in total. The van der Waals surface area contributed by atoms with Crippen molar-refractivity contribution >= 4 is 27.7 Å². The Morgan fingerprint density at radius 3 is 2.76 bits per heavy atom. The van der Waals surface area contributed by atoms with E-state index in [1.807, 2.05) is 0 Å². The van der Waals surface area contributed by atoms with Crippen molar-refractivity contribution in [2.45, 2.75) is 5.16 Å². The largest absolute Gasteiger partial charge is 0.508 e. The zero-order chi connectivity index (χ0) is 12.3. The maximum atomic E-state index is 9.22. The summed E-state index contributed by atoms with van der Waals surface area (Å²) in [6.45, 7) is 3.75. The molecule has 17 heavy (non-hydrogen) atoms. The summed E-state index contributed by atoms with van der Waals surface area (Å²) in [6.07, 6.45) is 0. The fraction of sp³-hybridized carbons (Fsp3) is 0.100. The summed E-state index contributed by atoms with van der Waals surface area (Å²) < 4.78 is 2.49. The van der Waals surface area contributed by atoms with Crippen LogP contribution in [-0.2, 0) is 0 Å². The number of benzene rings is 1. The first-order valence-corrected chi connectivity index (χ1v) is 6.48. The molecule has 0 aliphatic rings. The highest BCUT2D eigenvalue weighted by atomic mass is 79.9. The molecule has 0 fully saturated rings. The van der Waals surface area contributed by atoms with Crippen LogP contribution in [0.1, 0.15) is 0 Å². The van der Waals surface area contributed by atoms with E-state index < -0.39 is 0 Å². The predicted octanol–water partition coefficient (Wildman–Crippen LogP) is 2.37. The van der Waals surface area contributed by atoms with Gasteiger partial charge in [0.15, 0.2) is 0 Å². The van der Waals surface area contributed by atoms with Crippen molar-refractivity contribution in [3.05, 3.63) is 35.3 Å². The minimum atomic E-state index is 0.213. The van der Waals surface area contributed by atoms with Gasteiger partial charge in [0.25, 0.3) is 0 Å². The van der Waals surface area contributed by atoms with Gasteiger partial charge in [0.2, 0.25) is 5.16 Å². The summed E-state index contributed by atoms with van der Waals surface area (Å²) in [7, 11) is 0. The fourth-order valence-corrected chi connectivity index (χ4v) is 2.16. The Labute approximate surface area is 111 Å². The third-order valence-electron chi connectivity index (χ3n) is 1.89. The minimum absolute atomic E-state index is 0.213. The number of aromatic hydroxyl groups is 1. The van der Waals surface area contributed by atoms with Crippen LogP contribution in [0.15, 0.2) is 40.5 Å². The van der Waals surface area contributed by atoms with Gasteiger partial charge in [-0.1, -0.05) is 34.3 Å². The smallest absolute Gasteiger partial charge is 0.214 e. The number of hydrogen-bond acceptors (Lipinski definition) is 5. The van der Waals surface area contributed by atoms with Crippen LogP contribution in [0.25, 0.3) is 5.69 Å². The molecule has 1 aromatic heterocycles. The van der Waals surface area contributed by atoms with Crippen molar-refractivity contribution in [3.63, 3.8) is 0 Å². The summed E-state index contributed by atoms with van der Waals surface area (Å²) >= 11 is 4.76. The molecule has 0 saturated heterocycles. The number of phenolic OH excluding ortho intramolecular Hbond substituents is 1. The molecule has 0 amide bonds. The highest BCUT2D eigenvalue weighted by molar-refractivity contribution is 9.11. The average Bonchev–Trinajstić information content (AvgIpc) is 2.75. The molecule has 5 nitrogen and oxygen atoms in total. The maximum Gasteiger partial charge on any atom is 0.214 e. The van der Waals surface area contributed by atoms with Gasteiger partial charge in [-0.15, -0.1) is 5.10 Å². The lowest BCUT2D eigenvalue weighted by atomic mass is 10.3. The van der Waals surface area contributed by atoms with Crippen molar-refractivity contribution in [2.24, 2.45) is 0 Å². The van der Waals surface area contributed by atoms with Gasteiger partial charge in [0, 0.05) is 5.75 Å². The monoisotopic (exact) mass is 312 g/mol. The highest BCUT2D eigenvalue weighted by Gasteiger charge is 2.08. The zero-order valence-electron chi connectivity index (χ0n) is 8.75. The van der Waals surface area contributed by atoms with Gasteiger partial charge in [0.1, 0.15) is 5.75 Å². The van der Waals surface area contributed by atoms with E-state index in [0.717, 1.165) is 10.2 Å². The van der Waals surface area contributed by atoms with E-state index in [9.17, 15) is 5.11 Å². The molecule has 1 heterocycles. The first-order valence-electron chi connectivity index (χ1n) is 4.70. The van der Waals surface area contributed by atoms with Crippen molar-refractivity contribution in [2.75, 3.05) is 5.75 Å². The van der Waals surface area contributed by atoms with Crippen molar-refractivity contribution in [3.8, 4) is 11.4 Å². The summed E-state index contributed by atoms with van der Waals surface area (Å²) in [5.41, 5.74) is 0.801. The van der Waals surface area contributed by atoms with E-state index in [4.69, 9.17) is 0 Å². The van der Waals surface area contributed by atoms with Crippen LogP contribution in [0.5, 0.6) is 5.75 Å². The molecule has 88 valence electrons. The second-order valence-electron chi connectivity index (χ2n) is 3.20. The quantitative estimate of drug-likeness (QED) is 0.878. The third-order valence-corrected chi connectivity index (χ3v) is 3.55. The number of halogens is 1. The molecule has 1 aromatic carbocycles. The molecule has 0 atom stereocenters. The zero-order valence-corrected chi connectivity index (χ0v) is 11.1. The molecule has 0 aliphatic heterocycles. The van der Waals surface area contributed by atoms with Gasteiger partial charge in [-0.2, -0.15) is 4.68 Å². The summed E-state index contributed by atoms with van der Waals surface area (Å²) in [6, 6.07) is 6.68. The van der Waals surface area contributed by atoms with Crippen LogP contribution in [0.3, 0.4) is 0 Å². The number of nitrogens with zero attached hydrogens (tertiary/aromatic N) is 4. The van der Waals surface area contributed by atoms with Crippen LogP contribution >= 0.6 is 27.7 Å². The average molecular weight is 313 g/mol. The highest BCUT2D eigenvalue weighted by Crippen LogP contribution is 2.22. The number of hydrogen-bond donors (Lipinski definition) is 1. The van der Waals surface area contributed by atoms with Crippen LogP contribution < -0.4 is 0 Å². The van der Waals surface area contributed by atoms with E-state index in [0.29, 0.717) is 10.9 Å². The van der Waals surface area contributed by atoms with E-state index in [-0.39, 0.29) is 5.75 Å². The number of tetrazole rings is 1. The standard InChI is InChI=1S/C10H9BrN4OS/c1-7(11)6-17-10-12-13-14-15(10)8-2-4-9(16)5-3-8/h2-5,16H,1,6H2. The number of aromatic nitrogens is 4. The topological polar surface area (TPSA) is 63.8 Å². The lowest BCUT2D eigenvalue weighted by Crippen LogP contribution is -1.98. The van der Waals surface area contributed by atoms with Gasteiger partial charge in [-0.25, -0.2) is 0 Å². The lowest BCUT2D eigenvalue weighted by Gasteiger charge is -2.03. The van der Waals surface area contributed by atoms with Gasteiger partial charge in [0.05, 0.1) is 5.69 Å². The van der Waals surface area contributed by atoms with Crippen LogP contribution in [0, 0.1) is 0 Å². The molecule has 7 heteroatoms. The minimum Gasteiger partial charge on any atom is -0.508 e. The Hall–Kier alpha value is -1.34. The summed E-state index contributed by atoms with van der Waals surface area (Å²) in [4.78, 5) is 0. The Morgan fingerprint density at radius 2 is 2.12 bits per heavy atom. The van der Waals surface area contributed by atoms with E-state index >= 15 is 0 Å². The molecule has 0 saturated carbocycles. The maximum absolute atomic E-state index is 9.22. The number of phenols is 1. The van der Waals surface area contributed by atoms with Crippen LogP contribution in [-0.4, -0.2) is 31.1 Å². The summed E-state index contributed by atoms with van der Waals surface area (Å²) in [5.74, 6) is 0.906. The SMILES string of the molecule is C=C(Br)CSc1nnnn1-c1ccc(O)cc1. The van der Waals surface area contributed by atoms with Crippen LogP contribution in [0.4, 0.5) is 0 Å². The number of rotatable bonds is 4. The van der Waals surface area contributed by atoms with Gasteiger partial charge in [-0.3, -0.25) is 0 Å². The molecule has 0 radical (unpaired) electrons. The van der Waals surface area contributed by atoms with Gasteiger partial charge < -0.3 is 5.11 Å². The lowest BCUT2D eigenvalue weighted by molar-refractivity contribution is 0.475. The normalized spacial score (nSPS) is 10.4. The molecular formula is C10H9BrN4OS. The van der Waals surface area contributed by atoms with Crippen molar-refractivity contribution in [1.29, 1.82) is 0 Å². The first kappa shape index (κ1) is 12.1. The Bertz CT molecular complexity index is 525. The second kappa shape index (κ2) is 5.33. The van der Waals surface area contributed by atoms with Gasteiger partial charge >= 0.3 is 0 Å². The van der Waals surface area contributed by atoms with E-state index in [1.165, 1.54) is 11.8 Å². The fourth-order valence-electron chi connectivity index (χ4n) is 1.17. The van der Waals surface area contributed by atoms with E-state index in [1.54, 1.807) is 28.9 Å². The van der Waals surface area contributed by atoms with E-state index in [2.05, 4.69) is 38.0 Å². The van der Waals surface area contributed by atoms with Gasteiger partial charge in [-0.05, 0) is 39.2 Å². The Kier molecular flexibility index (Phi) is 3.80. The Morgan fingerprint density at radius 1 is 1.41 bits per heavy atom. The molecular weight excluding hydrogens is 304 g/mol. The molecule has 2 aromatic rings. The summed E-state index contributed by atoms with van der Waals surface area (Å²) in [5, 5.41) is 21.4. The van der Waals surface area contributed by atoms with Crippen LogP contribution in [0.2, 0.25) is 0 Å². The molecule has 0 spiro atoms. The van der Waals surface area contributed by atoms with Crippen molar-refractivity contribution in [1.82, 2.24) is 20.2 Å².